The molecule has 1 aromatic heterocycles. The zero-order chi connectivity index (χ0) is 13.8. The van der Waals surface area contributed by atoms with Gasteiger partial charge in [-0.1, -0.05) is 6.07 Å². The molecule has 0 amide bonds. The normalized spacial score (nSPS) is 10.0. The zero-order valence-electron chi connectivity index (χ0n) is 9.53. The monoisotopic (exact) mass is 324 g/mol. The average Bonchev–Trinajstić information content (AvgIpc) is 2.38. The molecule has 0 N–H and O–H groups in total. The molecule has 0 aliphatic carbocycles. The summed E-state index contributed by atoms with van der Waals surface area (Å²) in [5.74, 6) is -1.61. The Morgan fingerprint density at radius 3 is 2.84 bits per heavy atom. The van der Waals surface area contributed by atoms with E-state index in [1.807, 2.05) is 6.07 Å². The maximum absolute atomic E-state index is 13.5. The van der Waals surface area contributed by atoms with Gasteiger partial charge in [-0.05, 0) is 28.1 Å². The number of ether oxygens (including phenoxy) is 1. The SMILES string of the molecule is N#Cc1ncccc1COc1c(F)cc(F)cc1Br. The number of benzene rings is 1. The number of hydrogen-bond acceptors (Lipinski definition) is 3. The van der Waals surface area contributed by atoms with E-state index < -0.39 is 11.6 Å². The van der Waals surface area contributed by atoms with Crippen molar-refractivity contribution in [3.05, 3.63) is 57.8 Å². The van der Waals surface area contributed by atoms with Gasteiger partial charge in [0.15, 0.2) is 11.6 Å². The van der Waals surface area contributed by atoms with Gasteiger partial charge < -0.3 is 4.74 Å². The van der Waals surface area contributed by atoms with Gasteiger partial charge in [-0.2, -0.15) is 5.26 Å². The quantitative estimate of drug-likeness (QED) is 0.867. The molecule has 2 rings (SSSR count). The maximum atomic E-state index is 13.5. The highest BCUT2D eigenvalue weighted by Gasteiger charge is 2.12. The molecule has 96 valence electrons. The highest BCUT2D eigenvalue weighted by atomic mass is 79.9. The van der Waals surface area contributed by atoms with Crippen LogP contribution in [0.25, 0.3) is 0 Å². The summed E-state index contributed by atoms with van der Waals surface area (Å²) in [4.78, 5) is 3.86. The lowest BCUT2D eigenvalue weighted by Gasteiger charge is -2.10. The third-order valence-electron chi connectivity index (χ3n) is 2.33. The van der Waals surface area contributed by atoms with Crippen LogP contribution in [0.1, 0.15) is 11.3 Å². The first-order chi connectivity index (χ1) is 9.11. The molecule has 19 heavy (non-hydrogen) atoms. The number of pyridine rings is 1. The number of aromatic nitrogens is 1. The first-order valence-electron chi connectivity index (χ1n) is 5.23. The van der Waals surface area contributed by atoms with Crippen LogP contribution in [-0.2, 0) is 6.61 Å². The van der Waals surface area contributed by atoms with E-state index in [1.165, 1.54) is 6.20 Å². The molecule has 3 nitrogen and oxygen atoms in total. The first-order valence-corrected chi connectivity index (χ1v) is 6.02. The van der Waals surface area contributed by atoms with Gasteiger partial charge in [0.25, 0.3) is 0 Å². The standard InChI is InChI=1S/C13H7BrF2N2O/c14-10-4-9(15)5-11(16)13(10)19-7-8-2-1-3-18-12(8)6-17/h1-5H,7H2. The molecule has 6 heteroatoms. The smallest absolute Gasteiger partial charge is 0.169 e. The second kappa shape index (κ2) is 5.76. The van der Waals surface area contributed by atoms with Crippen LogP contribution in [0.15, 0.2) is 34.9 Å². The number of rotatable bonds is 3. The van der Waals surface area contributed by atoms with Gasteiger partial charge in [-0.15, -0.1) is 0 Å². The third kappa shape index (κ3) is 3.06. The molecular formula is C13H7BrF2N2O. The van der Waals surface area contributed by atoms with Gasteiger partial charge in [0.1, 0.15) is 24.2 Å². The topological polar surface area (TPSA) is 45.9 Å². The molecule has 0 bridgehead atoms. The molecule has 0 unspecified atom stereocenters. The van der Waals surface area contributed by atoms with Crippen molar-refractivity contribution in [2.75, 3.05) is 0 Å². The van der Waals surface area contributed by atoms with E-state index in [1.54, 1.807) is 12.1 Å². The van der Waals surface area contributed by atoms with Crippen molar-refractivity contribution in [3.63, 3.8) is 0 Å². The minimum atomic E-state index is -0.811. The molecule has 0 radical (unpaired) electrons. The molecule has 0 fully saturated rings. The van der Waals surface area contributed by atoms with E-state index >= 15 is 0 Å². The fourth-order valence-electron chi connectivity index (χ4n) is 1.47. The zero-order valence-corrected chi connectivity index (χ0v) is 11.1. The number of hydrogen-bond donors (Lipinski definition) is 0. The van der Waals surface area contributed by atoms with Gasteiger partial charge in [0.05, 0.1) is 4.47 Å². The summed E-state index contributed by atoms with van der Waals surface area (Å²) in [6, 6.07) is 7.05. The molecule has 0 saturated carbocycles. The van der Waals surface area contributed by atoms with Gasteiger partial charge in [0, 0.05) is 17.8 Å². The minimum absolute atomic E-state index is 0.0299. The summed E-state index contributed by atoms with van der Waals surface area (Å²) in [5, 5.41) is 8.86. The number of halogens is 3. The summed E-state index contributed by atoms with van der Waals surface area (Å²) in [5.41, 5.74) is 0.738. The van der Waals surface area contributed by atoms with Crippen LogP contribution in [0.2, 0.25) is 0 Å². The molecular weight excluding hydrogens is 318 g/mol. The molecule has 0 aliphatic heterocycles. The fourth-order valence-corrected chi connectivity index (χ4v) is 2.00. The van der Waals surface area contributed by atoms with Crippen LogP contribution in [0, 0.1) is 23.0 Å². The van der Waals surface area contributed by atoms with Crippen molar-refractivity contribution in [2.45, 2.75) is 6.61 Å². The largest absolute Gasteiger partial charge is 0.485 e. The number of nitrogens with zero attached hydrogens (tertiary/aromatic N) is 2. The Hall–Kier alpha value is -2.00. The molecule has 1 aromatic carbocycles. The van der Waals surface area contributed by atoms with Crippen LogP contribution in [-0.4, -0.2) is 4.98 Å². The van der Waals surface area contributed by atoms with Crippen LogP contribution in [0.4, 0.5) is 8.78 Å². The first kappa shape index (κ1) is 13.4. The Morgan fingerprint density at radius 1 is 1.37 bits per heavy atom. The van der Waals surface area contributed by atoms with Crippen LogP contribution in [0.3, 0.4) is 0 Å². The average molecular weight is 325 g/mol. The molecule has 2 aromatic rings. The predicted molar refractivity (Wildman–Crippen MR) is 67.3 cm³/mol. The van der Waals surface area contributed by atoms with Crippen molar-refractivity contribution in [3.8, 4) is 11.8 Å². The van der Waals surface area contributed by atoms with Crippen LogP contribution in [0.5, 0.6) is 5.75 Å². The Bertz CT molecular complexity index is 632. The third-order valence-corrected chi connectivity index (χ3v) is 2.92. The van der Waals surface area contributed by atoms with E-state index in [0.717, 1.165) is 12.1 Å². The van der Waals surface area contributed by atoms with E-state index in [-0.39, 0.29) is 22.5 Å². The Morgan fingerprint density at radius 2 is 2.16 bits per heavy atom. The Kier molecular flexibility index (Phi) is 4.07. The van der Waals surface area contributed by atoms with Crippen LogP contribution < -0.4 is 4.74 Å². The van der Waals surface area contributed by atoms with E-state index in [2.05, 4.69) is 20.9 Å². The van der Waals surface area contributed by atoms with Gasteiger partial charge in [-0.3, -0.25) is 0 Å². The van der Waals surface area contributed by atoms with Gasteiger partial charge in [0.2, 0.25) is 0 Å². The highest BCUT2D eigenvalue weighted by Crippen LogP contribution is 2.30. The molecule has 1 heterocycles. The molecule has 0 saturated heterocycles. The summed E-state index contributed by atoms with van der Waals surface area (Å²) in [6.07, 6.45) is 1.48. The second-order valence-electron chi connectivity index (χ2n) is 3.61. The van der Waals surface area contributed by atoms with Gasteiger partial charge in [-0.25, -0.2) is 13.8 Å². The maximum Gasteiger partial charge on any atom is 0.169 e. The lowest BCUT2D eigenvalue weighted by Crippen LogP contribution is -2.02. The van der Waals surface area contributed by atoms with Crippen molar-refractivity contribution in [1.82, 2.24) is 4.98 Å². The lowest BCUT2D eigenvalue weighted by molar-refractivity contribution is 0.286. The summed E-state index contributed by atoms with van der Waals surface area (Å²) in [6.45, 7) is -0.0299. The highest BCUT2D eigenvalue weighted by molar-refractivity contribution is 9.10. The molecule has 0 spiro atoms. The van der Waals surface area contributed by atoms with Crippen molar-refractivity contribution in [1.29, 1.82) is 5.26 Å². The van der Waals surface area contributed by atoms with Gasteiger partial charge >= 0.3 is 0 Å². The summed E-state index contributed by atoms with van der Waals surface area (Å²) in [7, 11) is 0. The lowest BCUT2D eigenvalue weighted by atomic mass is 10.2. The molecule has 0 aliphatic rings. The number of nitriles is 1. The Balaban J connectivity index is 2.22. The van der Waals surface area contributed by atoms with Crippen molar-refractivity contribution >= 4 is 15.9 Å². The minimum Gasteiger partial charge on any atom is -0.485 e. The van der Waals surface area contributed by atoms with E-state index in [4.69, 9.17) is 10.00 Å². The Labute approximate surface area is 116 Å². The van der Waals surface area contributed by atoms with E-state index in [9.17, 15) is 8.78 Å². The van der Waals surface area contributed by atoms with Crippen molar-refractivity contribution < 1.29 is 13.5 Å². The summed E-state index contributed by atoms with van der Waals surface area (Å²) >= 11 is 3.02. The summed E-state index contributed by atoms with van der Waals surface area (Å²) < 4.78 is 31.9. The second-order valence-corrected chi connectivity index (χ2v) is 4.46. The fraction of sp³-hybridized carbons (Fsp3) is 0.0769. The van der Waals surface area contributed by atoms with Crippen molar-refractivity contribution in [2.24, 2.45) is 0 Å². The predicted octanol–water partition coefficient (Wildman–Crippen LogP) is 3.57. The van der Waals surface area contributed by atoms with Crippen LogP contribution >= 0.6 is 15.9 Å². The van der Waals surface area contributed by atoms with E-state index in [0.29, 0.717) is 5.56 Å². The molecule has 0 atom stereocenters.